The topological polar surface area (TPSA) is 67.6 Å². The number of hydrogen-bond acceptors (Lipinski definition) is 4. The quantitative estimate of drug-likeness (QED) is 0.813. The van der Waals surface area contributed by atoms with Gasteiger partial charge in [0.15, 0.2) is 0 Å². The molecule has 0 saturated carbocycles. The molecule has 0 aromatic rings. The van der Waals surface area contributed by atoms with Crippen molar-refractivity contribution in [2.75, 3.05) is 20.1 Å². The van der Waals surface area contributed by atoms with Crippen molar-refractivity contribution in [1.82, 2.24) is 10.2 Å². The first-order chi connectivity index (χ1) is 8.85. The summed E-state index contributed by atoms with van der Waals surface area (Å²) in [5, 5.41) is 2.87. The summed E-state index contributed by atoms with van der Waals surface area (Å²) in [4.78, 5) is 14.0. The maximum absolute atomic E-state index is 11.8. The molecule has 5 heteroatoms. The molecule has 0 aliphatic carbocycles. The van der Waals surface area contributed by atoms with E-state index in [1.807, 2.05) is 34.7 Å². The number of nitrogens with two attached hydrogens (primary N) is 1. The Balaban J connectivity index is 4.55. The number of alkyl carbamates (subject to hydrolysis) is 1. The molecule has 0 radical (unpaired) electrons. The maximum Gasteiger partial charge on any atom is 0.407 e. The average Bonchev–Trinajstić information content (AvgIpc) is 2.11. The average molecular weight is 287 g/mol. The van der Waals surface area contributed by atoms with Crippen LogP contribution in [0.15, 0.2) is 0 Å². The minimum atomic E-state index is -0.487. The van der Waals surface area contributed by atoms with Crippen molar-refractivity contribution in [3.8, 4) is 0 Å². The molecular weight excluding hydrogens is 254 g/mol. The molecule has 2 atom stereocenters. The standard InChI is InChI=1S/C15H33N3O2/c1-11(17-13(19)20-15(5,6)7)12(9-16)18(8)10-14(2,3)4/h11-12H,9-10,16H2,1-8H3,(H,17,19). The van der Waals surface area contributed by atoms with Gasteiger partial charge < -0.3 is 15.8 Å². The molecule has 0 bridgehead atoms. The molecule has 120 valence electrons. The van der Waals surface area contributed by atoms with E-state index in [1.165, 1.54) is 0 Å². The zero-order valence-electron chi connectivity index (χ0n) is 14.4. The van der Waals surface area contributed by atoms with Crippen LogP contribution in [0.1, 0.15) is 48.5 Å². The molecule has 5 nitrogen and oxygen atoms in total. The van der Waals surface area contributed by atoms with Gasteiger partial charge in [-0.3, -0.25) is 4.90 Å². The molecule has 0 saturated heterocycles. The Morgan fingerprint density at radius 3 is 2.10 bits per heavy atom. The predicted molar refractivity (Wildman–Crippen MR) is 83.8 cm³/mol. The Kier molecular flexibility index (Phi) is 6.98. The summed E-state index contributed by atoms with van der Waals surface area (Å²) in [5.74, 6) is 0. The van der Waals surface area contributed by atoms with E-state index in [1.54, 1.807) is 0 Å². The lowest BCUT2D eigenvalue weighted by atomic mass is 9.95. The Morgan fingerprint density at radius 2 is 1.75 bits per heavy atom. The van der Waals surface area contributed by atoms with Crippen LogP contribution in [-0.4, -0.2) is 48.8 Å². The fraction of sp³-hybridized carbons (Fsp3) is 0.933. The van der Waals surface area contributed by atoms with Gasteiger partial charge >= 0.3 is 6.09 Å². The van der Waals surface area contributed by atoms with Gasteiger partial charge in [-0.25, -0.2) is 4.79 Å². The number of hydrogen-bond donors (Lipinski definition) is 2. The molecule has 0 heterocycles. The van der Waals surface area contributed by atoms with E-state index in [0.29, 0.717) is 6.54 Å². The van der Waals surface area contributed by atoms with E-state index >= 15 is 0 Å². The minimum absolute atomic E-state index is 0.0674. The smallest absolute Gasteiger partial charge is 0.407 e. The van der Waals surface area contributed by atoms with Gasteiger partial charge in [0.1, 0.15) is 5.60 Å². The maximum atomic E-state index is 11.8. The number of nitrogens with zero attached hydrogens (tertiary/aromatic N) is 1. The van der Waals surface area contributed by atoms with E-state index in [-0.39, 0.29) is 17.5 Å². The number of carbonyl (C=O) groups is 1. The molecule has 0 aromatic heterocycles. The number of nitrogens with one attached hydrogen (secondary N) is 1. The number of rotatable bonds is 5. The molecule has 0 aromatic carbocycles. The largest absolute Gasteiger partial charge is 0.444 e. The van der Waals surface area contributed by atoms with Gasteiger partial charge in [0.2, 0.25) is 0 Å². The normalized spacial score (nSPS) is 15.9. The summed E-state index contributed by atoms with van der Waals surface area (Å²) >= 11 is 0. The van der Waals surface area contributed by atoms with Crippen LogP contribution < -0.4 is 11.1 Å². The highest BCUT2D eigenvalue weighted by Crippen LogP contribution is 2.16. The molecule has 0 aliphatic heterocycles. The van der Waals surface area contributed by atoms with E-state index < -0.39 is 11.7 Å². The third-order valence-corrected chi connectivity index (χ3v) is 2.85. The molecular formula is C15H33N3O2. The van der Waals surface area contributed by atoms with E-state index in [2.05, 4.69) is 31.0 Å². The van der Waals surface area contributed by atoms with Crippen molar-refractivity contribution in [1.29, 1.82) is 0 Å². The van der Waals surface area contributed by atoms with Crippen molar-refractivity contribution in [2.45, 2.75) is 66.2 Å². The SMILES string of the molecule is CC(NC(=O)OC(C)(C)C)C(CN)N(C)CC(C)(C)C. The number of likely N-dealkylation sites (N-methyl/N-ethyl adjacent to an activating group) is 1. The van der Waals surface area contributed by atoms with E-state index in [0.717, 1.165) is 6.54 Å². The van der Waals surface area contributed by atoms with Crippen LogP contribution in [0.2, 0.25) is 0 Å². The van der Waals surface area contributed by atoms with Crippen LogP contribution in [-0.2, 0) is 4.74 Å². The van der Waals surface area contributed by atoms with Crippen molar-refractivity contribution in [2.24, 2.45) is 11.1 Å². The summed E-state index contributed by atoms with van der Waals surface area (Å²) in [6.45, 7) is 15.5. The predicted octanol–water partition coefficient (Wildman–Crippen LogP) is 2.20. The summed E-state index contributed by atoms with van der Waals surface area (Å²) in [7, 11) is 2.04. The summed E-state index contributed by atoms with van der Waals surface area (Å²) in [6.07, 6.45) is -0.396. The van der Waals surface area contributed by atoms with Crippen LogP contribution >= 0.6 is 0 Å². The highest BCUT2D eigenvalue weighted by atomic mass is 16.6. The zero-order valence-corrected chi connectivity index (χ0v) is 14.4. The van der Waals surface area contributed by atoms with Gasteiger partial charge in [-0.15, -0.1) is 0 Å². The van der Waals surface area contributed by atoms with Crippen LogP contribution in [0.4, 0.5) is 4.79 Å². The third kappa shape index (κ3) is 8.38. The second-order valence-corrected chi connectivity index (χ2v) is 7.71. The lowest BCUT2D eigenvalue weighted by molar-refractivity contribution is 0.0469. The summed E-state index contributed by atoms with van der Waals surface area (Å²) in [5.41, 5.74) is 5.56. The van der Waals surface area contributed by atoms with E-state index in [9.17, 15) is 4.79 Å². The lowest BCUT2D eigenvalue weighted by Gasteiger charge is -2.36. The van der Waals surface area contributed by atoms with Gasteiger partial charge in [-0.1, -0.05) is 20.8 Å². The van der Waals surface area contributed by atoms with Crippen molar-refractivity contribution < 1.29 is 9.53 Å². The van der Waals surface area contributed by atoms with Crippen LogP contribution in [0.3, 0.4) is 0 Å². The number of ether oxygens (including phenoxy) is 1. The van der Waals surface area contributed by atoms with Crippen molar-refractivity contribution in [3.63, 3.8) is 0 Å². The first-order valence-corrected chi connectivity index (χ1v) is 7.25. The van der Waals surface area contributed by atoms with Gasteiger partial charge in [0.05, 0.1) is 0 Å². The first kappa shape index (κ1) is 19.2. The van der Waals surface area contributed by atoms with Crippen LogP contribution in [0, 0.1) is 5.41 Å². The first-order valence-electron chi connectivity index (χ1n) is 7.25. The van der Waals surface area contributed by atoms with Gasteiger partial charge in [-0.2, -0.15) is 0 Å². The zero-order chi connectivity index (χ0) is 16.1. The second kappa shape index (κ2) is 7.27. The Morgan fingerprint density at radius 1 is 1.25 bits per heavy atom. The Hall–Kier alpha value is -0.810. The highest BCUT2D eigenvalue weighted by Gasteiger charge is 2.26. The van der Waals surface area contributed by atoms with Crippen molar-refractivity contribution >= 4 is 6.09 Å². The van der Waals surface area contributed by atoms with Crippen LogP contribution in [0.5, 0.6) is 0 Å². The monoisotopic (exact) mass is 287 g/mol. The molecule has 2 unspecified atom stereocenters. The highest BCUT2D eigenvalue weighted by molar-refractivity contribution is 5.68. The van der Waals surface area contributed by atoms with Gasteiger partial charge in [-0.05, 0) is 40.2 Å². The fourth-order valence-electron chi connectivity index (χ4n) is 2.22. The molecule has 0 aliphatic rings. The summed E-state index contributed by atoms with van der Waals surface area (Å²) in [6, 6.07) is 0.0175. The Bertz CT molecular complexity index is 305. The van der Waals surface area contributed by atoms with Crippen molar-refractivity contribution in [3.05, 3.63) is 0 Å². The molecule has 20 heavy (non-hydrogen) atoms. The van der Waals surface area contributed by atoms with Gasteiger partial charge in [0.25, 0.3) is 0 Å². The fourth-order valence-corrected chi connectivity index (χ4v) is 2.22. The molecule has 0 spiro atoms. The third-order valence-electron chi connectivity index (χ3n) is 2.85. The molecule has 0 fully saturated rings. The van der Waals surface area contributed by atoms with Gasteiger partial charge in [0, 0.05) is 25.2 Å². The number of carbonyl (C=O) groups excluding carboxylic acids is 1. The van der Waals surface area contributed by atoms with Crippen LogP contribution in [0.25, 0.3) is 0 Å². The number of amides is 1. The molecule has 3 N–H and O–H groups in total. The summed E-state index contributed by atoms with van der Waals surface area (Å²) < 4.78 is 5.27. The van der Waals surface area contributed by atoms with E-state index in [4.69, 9.17) is 10.5 Å². The Labute approximate surface area is 124 Å². The molecule has 0 rings (SSSR count). The second-order valence-electron chi connectivity index (χ2n) is 7.71. The molecule has 1 amide bonds. The minimum Gasteiger partial charge on any atom is -0.444 e. The lowest BCUT2D eigenvalue weighted by Crippen LogP contribution is -2.54.